The molecule has 0 aliphatic heterocycles. The lowest BCUT2D eigenvalue weighted by Crippen LogP contribution is -1.99. The summed E-state index contributed by atoms with van der Waals surface area (Å²) in [6, 6.07) is 12.7. The molecule has 3 nitrogen and oxygen atoms in total. The van der Waals surface area contributed by atoms with Crippen LogP contribution in [0.2, 0.25) is 5.02 Å². The van der Waals surface area contributed by atoms with Gasteiger partial charge >= 0.3 is 0 Å². The van der Waals surface area contributed by atoms with Crippen molar-refractivity contribution in [3.63, 3.8) is 0 Å². The number of halogens is 1. The summed E-state index contributed by atoms with van der Waals surface area (Å²) >= 11 is 5.92. The summed E-state index contributed by atoms with van der Waals surface area (Å²) in [4.78, 5) is 0. The minimum Gasteiger partial charge on any atom is -0.497 e. The molecule has 0 radical (unpaired) electrons. The molecule has 2 rings (SSSR count). The van der Waals surface area contributed by atoms with E-state index in [0.29, 0.717) is 17.4 Å². The van der Waals surface area contributed by atoms with E-state index in [4.69, 9.17) is 26.2 Å². The van der Waals surface area contributed by atoms with Crippen LogP contribution in [-0.4, -0.2) is 18.8 Å². The predicted octanol–water partition coefficient (Wildman–Crippen LogP) is 3.27. The Morgan fingerprint density at radius 1 is 1.14 bits per heavy atom. The number of benzene rings is 2. The quantitative estimate of drug-likeness (QED) is 0.881. The third-order valence-electron chi connectivity index (χ3n) is 2.80. The Morgan fingerprint density at radius 2 is 2.00 bits per heavy atom. The number of aliphatic hydroxyl groups is 1. The summed E-state index contributed by atoms with van der Waals surface area (Å²) < 4.78 is 10.9. The van der Waals surface area contributed by atoms with E-state index in [1.165, 1.54) is 0 Å². The summed E-state index contributed by atoms with van der Waals surface area (Å²) in [5, 5.41) is 9.44. The first-order chi connectivity index (χ1) is 10.2. The van der Waals surface area contributed by atoms with Crippen molar-refractivity contribution in [3.8, 4) is 23.3 Å². The van der Waals surface area contributed by atoms with Crippen molar-refractivity contribution in [1.82, 2.24) is 0 Å². The maximum atomic E-state index is 8.81. The van der Waals surface area contributed by atoms with Crippen LogP contribution < -0.4 is 9.47 Å². The van der Waals surface area contributed by atoms with Gasteiger partial charge in [0.1, 0.15) is 24.7 Å². The molecule has 2 aromatic rings. The summed E-state index contributed by atoms with van der Waals surface area (Å²) in [5.74, 6) is 6.96. The number of methoxy groups -OCH3 is 1. The van der Waals surface area contributed by atoms with E-state index in [9.17, 15) is 0 Å². The maximum absolute atomic E-state index is 8.81. The molecule has 0 bridgehead atoms. The second-order valence-electron chi connectivity index (χ2n) is 4.23. The Balaban J connectivity index is 2.20. The Morgan fingerprint density at radius 3 is 2.71 bits per heavy atom. The predicted molar refractivity (Wildman–Crippen MR) is 82.7 cm³/mol. The SMILES string of the molecule is COc1ccc(C#CCO)c(COc2cccc(Cl)c2)c1. The number of rotatable bonds is 4. The fraction of sp³-hybridized carbons (Fsp3) is 0.176. The summed E-state index contributed by atoms with van der Waals surface area (Å²) in [5.41, 5.74) is 1.68. The van der Waals surface area contributed by atoms with Crippen molar-refractivity contribution in [3.05, 3.63) is 58.6 Å². The van der Waals surface area contributed by atoms with Gasteiger partial charge in [0.2, 0.25) is 0 Å². The molecular formula is C17H15ClO3. The zero-order valence-electron chi connectivity index (χ0n) is 11.6. The molecule has 2 aromatic carbocycles. The number of aliphatic hydroxyl groups excluding tert-OH is 1. The summed E-state index contributed by atoms with van der Waals surface area (Å²) in [6.45, 7) is 0.160. The van der Waals surface area contributed by atoms with Gasteiger partial charge in [-0.2, -0.15) is 0 Å². The van der Waals surface area contributed by atoms with Crippen LogP contribution in [0.5, 0.6) is 11.5 Å². The first-order valence-electron chi connectivity index (χ1n) is 6.38. The standard InChI is InChI=1S/C17H15ClO3/c1-20-16-8-7-13(4-3-9-19)14(10-16)12-21-17-6-2-5-15(18)11-17/h2,5-8,10-11,19H,9,12H2,1H3. The van der Waals surface area contributed by atoms with Crippen molar-refractivity contribution < 1.29 is 14.6 Å². The molecule has 0 aromatic heterocycles. The lowest BCUT2D eigenvalue weighted by atomic mass is 10.1. The van der Waals surface area contributed by atoms with Crippen LogP contribution in [0.3, 0.4) is 0 Å². The van der Waals surface area contributed by atoms with Crippen LogP contribution in [0.4, 0.5) is 0 Å². The molecule has 0 saturated carbocycles. The van der Waals surface area contributed by atoms with Gasteiger partial charge in [-0.05, 0) is 36.4 Å². The van der Waals surface area contributed by atoms with E-state index >= 15 is 0 Å². The van der Waals surface area contributed by atoms with Gasteiger partial charge in [-0.1, -0.05) is 29.5 Å². The molecule has 0 unspecified atom stereocenters. The molecule has 0 spiro atoms. The van der Waals surface area contributed by atoms with E-state index in [1.54, 1.807) is 19.2 Å². The van der Waals surface area contributed by atoms with Gasteiger partial charge in [-0.15, -0.1) is 0 Å². The molecule has 0 saturated heterocycles. The van der Waals surface area contributed by atoms with Crippen LogP contribution in [0.1, 0.15) is 11.1 Å². The van der Waals surface area contributed by atoms with E-state index in [0.717, 1.165) is 16.9 Å². The second kappa shape index (κ2) is 7.58. The van der Waals surface area contributed by atoms with Crippen LogP contribution in [0.15, 0.2) is 42.5 Å². The minimum atomic E-state index is -0.180. The molecule has 0 heterocycles. The number of hydrogen-bond donors (Lipinski definition) is 1. The molecule has 108 valence electrons. The Bertz CT molecular complexity index is 671. The van der Waals surface area contributed by atoms with E-state index in [1.807, 2.05) is 30.3 Å². The topological polar surface area (TPSA) is 38.7 Å². The highest BCUT2D eigenvalue weighted by atomic mass is 35.5. The third-order valence-corrected chi connectivity index (χ3v) is 3.04. The van der Waals surface area contributed by atoms with Gasteiger partial charge in [0.25, 0.3) is 0 Å². The second-order valence-corrected chi connectivity index (χ2v) is 4.67. The van der Waals surface area contributed by atoms with Crippen molar-refractivity contribution in [1.29, 1.82) is 0 Å². The first kappa shape index (κ1) is 15.2. The lowest BCUT2D eigenvalue weighted by molar-refractivity contribution is 0.305. The molecule has 0 aliphatic carbocycles. The van der Waals surface area contributed by atoms with E-state index in [2.05, 4.69) is 11.8 Å². The Kier molecular flexibility index (Phi) is 5.51. The van der Waals surface area contributed by atoms with Crippen LogP contribution in [-0.2, 0) is 6.61 Å². The summed E-state index contributed by atoms with van der Waals surface area (Å²) in [6.07, 6.45) is 0. The molecule has 4 heteroatoms. The van der Waals surface area contributed by atoms with Gasteiger partial charge in [-0.25, -0.2) is 0 Å². The van der Waals surface area contributed by atoms with Crippen molar-refractivity contribution in [2.45, 2.75) is 6.61 Å². The van der Waals surface area contributed by atoms with Crippen LogP contribution >= 0.6 is 11.6 Å². The fourth-order valence-electron chi connectivity index (χ4n) is 1.79. The van der Waals surface area contributed by atoms with Crippen molar-refractivity contribution in [2.24, 2.45) is 0 Å². The Labute approximate surface area is 129 Å². The van der Waals surface area contributed by atoms with Gasteiger partial charge < -0.3 is 14.6 Å². The highest BCUT2D eigenvalue weighted by Crippen LogP contribution is 2.21. The molecule has 21 heavy (non-hydrogen) atoms. The molecule has 0 fully saturated rings. The average molecular weight is 303 g/mol. The van der Waals surface area contributed by atoms with Crippen LogP contribution in [0.25, 0.3) is 0 Å². The van der Waals surface area contributed by atoms with Gasteiger partial charge in [0, 0.05) is 16.1 Å². The highest BCUT2D eigenvalue weighted by Gasteiger charge is 2.04. The molecule has 0 amide bonds. The largest absolute Gasteiger partial charge is 0.497 e. The van der Waals surface area contributed by atoms with E-state index in [-0.39, 0.29) is 6.61 Å². The van der Waals surface area contributed by atoms with E-state index < -0.39 is 0 Å². The molecule has 0 atom stereocenters. The van der Waals surface area contributed by atoms with Crippen molar-refractivity contribution >= 4 is 11.6 Å². The normalized spacial score (nSPS) is 9.67. The highest BCUT2D eigenvalue weighted by molar-refractivity contribution is 6.30. The monoisotopic (exact) mass is 302 g/mol. The maximum Gasteiger partial charge on any atom is 0.121 e. The van der Waals surface area contributed by atoms with Gasteiger partial charge in [0.05, 0.1) is 7.11 Å². The lowest BCUT2D eigenvalue weighted by Gasteiger charge is -2.10. The van der Waals surface area contributed by atoms with Gasteiger partial charge in [-0.3, -0.25) is 0 Å². The Hall–Kier alpha value is -2.15. The smallest absolute Gasteiger partial charge is 0.121 e. The van der Waals surface area contributed by atoms with Gasteiger partial charge in [0.15, 0.2) is 0 Å². The van der Waals surface area contributed by atoms with Crippen LogP contribution in [0, 0.1) is 11.8 Å². The number of hydrogen-bond acceptors (Lipinski definition) is 3. The molecular weight excluding hydrogens is 288 g/mol. The zero-order chi connectivity index (χ0) is 15.1. The third kappa shape index (κ3) is 4.42. The molecule has 0 aliphatic rings. The number of ether oxygens (including phenoxy) is 2. The minimum absolute atomic E-state index is 0.180. The summed E-state index contributed by atoms with van der Waals surface area (Å²) in [7, 11) is 1.61. The van der Waals surface area contributed by atoms with Crippen molar-refractivity contribution in [2.75, 3.05) is 13.7 Å². The zero-order valence-corrected chi connectivity index (χ0v) is 12.4. The average Bonchev–Trinajstić information content (AvgIpc) is 2.51. The first-order valence-corrected chi connectivity index (χ1v) is 6.75. The molecule has 1 N–H and O–H groups in total. The fourth-order valence-corrected chi connectivity index (χ4v) is 1.97.